The molecule has 0 unspecified atom stereocenters. The smallest absolute Gasteiger partial charge is 0.0556 e. The van der Waals surface area contributed by atoms with Gasteiger partial charge in [0, 0.05) is 36.3 Å². The summed E-state index contributed by atoms with van der Waals surface area (Å²) in [5, 5.41) is 10.5. The van der Waals surface area contributed by atoms with E-state index < -0.39 is 0 Å². The Morgan fingerprint density at radius 3 is 1.97 bits per heavy atom. The van der Waals surface area contributed by atoms with Gasteiger partial charge in [0.05, 0.1) is 16.7 Å². The third-order valence-electron chi connectivity index (χ3n) is 7.17. The maximum atomic E-state index is 2.48. The Bertz CT molecular complexity index is 2070. The molecule has 0 fully saturated rings. The summed E-state index contributed by atoms with van der Waals surface area (Å²) in [6.45, 7) is 0. The number of benzene rings is 6. The monoisotopic (exact) mass is 449 g/mol. The molecule has 0 bridgehead atoms. The van der Waals surface area contributed by atoms with Crippen LogP contribution in [0.4, 0.5) is 0 Å². The molecule has 0 aliphatic heterocycles. The lowest BCUT2D eigenvalue weighted by Gasteiger charge is -2.11. The van der Waals surface area contributed by atoms with Gasteiger partial charge in [0.15, 0.2) is 0 Å². The molecule has 8 aromatic rings. The van der Waals surface area contributed by atoms with Gasteiger partial charge in [-0.15, -0.1) is 11.3 Å². The summed E-state index contributed by atoms with van der Waals surface area (Å²) < 4.78 is 5.19. The molecule has 8 rings (SSSR count). The number of aromatic nitrogens is 1. The van der Waals surface area contributed by atoms with Crippen LogP contribution in [0.1, 0.15) is 0 Å². The molecule has 2 heteroatoms. The molecule has 0 amide bonds. The van der Waals surface area contributed by atoms with Gasteiger partial charge in [-0.05, 0) is 40.4 Å². The third-order valence-corrected chi connectivity index (χ3v) is 8.38. The van der Waals surface area contributed by atoms with Crippen LogP contribution in [0.5, 0.6) is 0 Å². The van der Waals surface area contributed by atoms with Crippen molar-refractivity contribution in [3.05, 3.63) is 115 Å². The van der Waals surface area contributed by atoms with Crippen molar-refractivity contribution in [2.75, 3.05) is 0 Å². The normalized spacial score (nSPS) is 12.1. The Labute approximate surface area is 200 Å². The van der Waals surface area contributed by atoms with Crippen molar-refractivity contribution < 1.29 is 0 Å². The fourth-order valence-corrected chi connectivity index (χ4v) is 6.96. The standard InChI is InChI=1S/C32H19NS/c1-3-11-22-20(8-1)10-7-14-26(22)33-27-18-16-21-9-2-4-12-23(21)30(27)31-28(33)19-17-25-24-13-5-6-15-29(24)34-32(25)31/h1-19H. The molecule has 0 N–H and O–H groups in total. The maximum absolute atomic E-state index is 2.48. The van der Waals surface area contributed by atoms with Gasteiger partial charge < -0.3 is 4.57 Å². The highest BCUT2D eigenvalue weighted by Gasteiger charge is 2.19. The molecular weight excluding hydrogens is 430 g/mol. The zero-order valence-corrected chi connectivity index (χ0v) is 19.1. The molecule has 2 heterocycles. The third kappa shape index (κ3) is 2.33. The van der Waals surface area contributed by atoms with Crippen molar-refractivity contribution in [1.29, 1.82) is 0 Å². The van der Waals surface area contributed by atoms with Crippen LogP contribution < -0.4 is 0 Å². The Morgan fingerprint density at radius 1 is 0.441 bits per heavy atom. The summed E-state index contributed by atoms with van der Waals surface area (Å²) in [6.07, 6.45) is 0. The second-order valence-electron chi connectivity index (χ2n) is 8.95. The fourth-order valence-electron chi connectivity index (χ4n) is 5.71. The van der Waals surface area contributed by atoms with Crippen molar-refractivity contribution in [2.45, 2.75) is 0 Å². The molecule has 0 aliphatic rings. The Hall–Kier alpha value is -4.14. The first-order chi connectivity index (χ1) is 16.9. The van der Waals surface area contributed by atoms with Crippen molar-refractivity contribution in [3.8, 4) is 5.69 Å². The second kappa shape index (κ2) is 6.69. The van der Waals surface area contributed by atoms with E-state index in [1.165, 1.54) is 69.2 Å². The van der Waals surface area contributed by atoms with Crippen molar-refractivity contribution in [1.82, 2.24) is 4.57 Å². The predicted molar refractivity (Wildman–Crippen MR) is 149 cm³/mol. The van der Waals surface area contributed by atoms with Crippen molar-refractivity contribution >= 4 is 74.9 Å². The molecule has 0 radical (unpaired) electrons. The quantitative estimate of drug-likeness (QED) is 0.235. The van der Waals surface area contributed by atoms with Gasteiger partial charge in [-0.3, -0.25) is 0 Å². The van der Waals surface area contributed by atoms with E-state index in [-0.39, 0.29) is 0 Å². The average molecular weight is 450 g/mol. The molecule has 2 aromatic heterocycles. The summed E-state index contributed by atoms with van der Waals surface area (Å²) in [5.41, 5.74) is 3.76. The minimum atomic E-state index is 1.23. The Morgan fingerprint density at radius 2 is 1.09 bits per heavy atom. The first-order valence-corrected chi connectivity index (χ1v) is 12.4. The van der Waals surface area contributed by atoms with Crippen molar-refractivity contribution in [3.63, 3.8) is 0 Å². The molecule has 0 saturated carbocycles. The van der Waals surface area contributed by atoms with E-state index in [2.05, 4.69) is 120 Å². The minimum absolute atomic E-state index is 1.23. The molecule has 34 heavy (non-hydrogen) atoms. The molecular formula is C32H19NS. The topological polar surface area (TPSA) is 4.93 Å². The van der Waals surface area contributed by atoms with Gasteiger partial charge in [0.1, 0.15) is 0 Å². The predicted octanol–water partition coefficient (Wildman–Crippen LogP) is 9.46. The highest BCUT2D eigenvalue weighted by molar-refractivity contribution is 7.26. The van der Waals surface area contributed by atoms with Crippen LogP contribution in [0.15, 0.2) is 115 Å². The van der Waals surface area contributed by atoms with Gasteiger partial charge in [-0.25, -0.2) is 0 Å². The summed E-state index contributed by atoms with van der Waals surface area (Å²) in [6, 6.07) is 42.1. The first-order valence-electron chi connectivity index (χ1n) is 11.6. The lowest BCUT2D eigenvalue weighted by atomic mass is 10.0. The van der Waals surface area contributed by atoms with E-state index in [0.29, 0.717) is 0 Å². The zero-order chi connectivity index (χ0) is 22.2. The van der Waals surface area contributed by atoms with Gasteiger partial charge in [0.25, 0.3) is 0 Å². The lowest BCUT2D eigenvalue weighted by molar-refractivity contribution is 1.20. The van der Waals surface area contributed by atoms with Crippen LogP contribution in [0.25, 0.3) is 69.2 Å². The van der Waals surface area contributed by atoms with Crippen LogP contribution in [0, 0.1) is 0 Å². The molecule has 1 nitrogen and oxygen atoms in total. The first kappa shape index (κ1) is 18.3. The minimum Gasteiger partial charge on any atom is -0.309 e. The van der Waals surface area contributed by atoms with Crippen LogP contribution in [-0.2, 0) is 0 Å². The molecule has 0 spiro atoms. The SMILES string of the molecule is c1ccc2c(-n3c4ccc5ccccc5c4c4c5sc6ccccc6c5ccc43)cccc2c1. The molecule has 6 aromatic carbocycles. The van der Waals surface area contributed by atoms with E-state index in [0.717, 1.165) is 0 Å². The largest absolute Gasteiger partial charge is 0.309 e. The summed E-state index contributed by atoms with van der Waals surface area (Å²) >= 11 is 1.91. The van der Waals surface area contributed by atoms with Gasteiger partial charge in [0.2, 0.25) is 0 Å². The van der Waals surface area contributed by atoms with E-state index in [1.807, 2.05) is 11.3 Å². The highest BCUT2D eigenvalue weighted by Crippen LogP contribution is 2.45. The van der Waals surface area contributed by atoms with Crippen LogP contribution in [0.2, 0.25) is 0 Å². The molecule has 158 valence electrons. The highest BCUT2D eigenvalue weighted by atomic mass is 32.1. The van der Waals surface area contributed by atoms with E-state index >= 15 is 0 Å². The fraction of sp³-hybridized carbons (Fsp3) is 0. The Balaban J connectivity index is 1.68. The zero-order valence-electron chi connectivity index (χ0n) is 18.3. The number of hydrogen-bond acceptors (Lipinski definition) is 1. The van der Waals surface area contributed by atoms with Crippen LogP contribution >= 0.6 is 11.3 Å². The molecule has 0 aliphatic carbocycles. The van der Waals surface area contributed by atoms with Crippen LogP contribution in [-0.4, -0.2) is 4.57 Å². The van der Waals surface area contributed by atoms with Crippen molar-refractivity contribution in [2.24, 2.45) is 0 Å². The number of rotatable bonds is 1. The van der Waals surface area contributed by atoms with Gasteiger partial charge in [-0.2, -0.15) is 0 Å². The van der Waals surface area contributed by atoms with E-state index in [9.17, 15) is 0 Å². The molecule has 0 atom stereocenters. The summed E-state index contributed by atoms with van der Waals surface area (Å²) in [5.74, 6) is 0. The van der Waals surface area contributed by atoms with Gasteiger partial charge in [-0.1, -0.05) is 91.0 Å². The number of fused-ring (bicyclic) bond motifs is 10. The number of thiophene rings is 1. The van der Waals surface area contributed by atoms with Gasteiger partial charge >= 0.3 is 0 Å². The van der Waals surface area contributed by atoms with Crippen LogP contribution in [0.3, 0.4) is 0 Å². The van der Waals surface area contributed by atoms with E-state index in [1.54, 1.807) is 0 Å². The summed E-state index contributed by atoms with van der Waals surface area (Å²) in [4.78, 5) is 0. The number of nitrogens with zero attached hydrogens (tertiary/aromatic N) is 1. The number of hydrogen-bond donors (Lipinski definition) is 0. The Kier molecular flexibility index (Phi) is 3.60. The lowest BCUT2D eigenvalue weighted by Crippen LogP contribution is -1.95. The molecule has 0 saturated heterocycles. The average Bonchev–Trinajstić information content (AvgIpc) is 3.44. The second-order valence-corrected chi connectivity index (χ2v) is 10.0. The maximum Gasteiger partial charge on any atom is 0.0556 e. The summed E-state index contributed by atoms with van der Waals surface area (Å²) in [7, 11) is 0. The van der Waals surface area contributed by atoms with E-state index in [4.69, 9.17) is 0 Å².